The third-order valence-corrected chi connectivity index (χ3v) is 6.28. The molecule has 0 radical (unpaired) electrons. The molecular weight excluding hydrogens is 520 g/mol. The van der Waals surface area contributed by atoms with E-state index < -0.39 is 5.91 Å². The summed E-state index contributed by atoms with van der Waals surface area (Å²) < 4.78 is 0. The zero-order valence-electron chi connectivity index (χ0n) is 24.6. The maximum Gasteiger partial charge on any atom is 0.246 e. The van der Waals surface area contributed by atoms with Gasteiger partial charge in [0.05, 0.1) is 6.54 Å². The fourth-order valence-electron chi connectivity index (χ4n) is 3.61. The van der Waals surface area contributed by atoms with Gasteiger partial charge in [0.15, 0.2) is 0 Å². The number of hydroxylamine groups is 6. The third-order valence-electron chi connectivity index (χ3n) is 6.28. The number of nitrogens with one attached hydrogen (secondary N) is 3. The Bertz CT molecular complexity index is 753. The van der Waals surface area contributed by atoms with Crippen molar-refractivity contribution >= 4 is 23.6 Å². The van der Waals surface area contributed by atoms with Crippen LogP contribution in [0.1, 0.15) is 84.5 Å². The lowest BCUT2D eigenvalue weighted by molar-refractivity contribution is -0.163. The smallest absolute Gasteiger partial charge is 0.246 e. The quantitative estimate of drug-likeness (QED) is 0.0436. The molecule has 0 aromatic carbocycles. The first-order valence-corrected chi connectivity index (χ1v) is 14.3. The van der Waals surface area contributed by atoms with Crippen LogP contribution in [0.15, 0.2) is 12.2 Å². The summed E-state index contributed by atoms with van der Waals surface area (Å²) in [5.41, 5.74) is 0. The van der Waals surface area contributed by atoms with Crippen molar-refractivity contribution in [1.29, 1.82) is 0 Å². The first-order valence-electron chi connectivity index (χ1n) is 14.3. The van der Waals surface area contributed by atoms with Crippen LogP contribution in [0, 0.1) is 0 Å². The number of unbranched alkanes of at least 4 members (excludes halogenated alkanes) is 4. The molecule has 13 nitrogen and oxygen atoms in total. The number of nitrogens with zero attached hydrogens (tertiary/aromatic N) is 3. The largest absolute Gasteiger partial charge is 0.356 e. The van der Waals surface area contributed by atoms with E-state index in [2.05, 4.69) is 16.0 Å². The Morgan fingerprint density at radius 2 is 1.35 bits per heavy atom. The summed E-state index contributed by atoms with van der Waals surface area (Å²) in [6, 6.07) is -0.167. The highest BCUT2D eigenvalue weighted by atomic mass is 16.5. The molecule has 0 saturated heterocycles. The fourth-order valence-corrected chi connectivity index (χ4v) is 3.61. The first kappa shape index (κ1) is 37.4. The molecule has 0 fully saturated rings. The lowest BCUT2D eigenvalue weighted by atomic mass is 10.1. The van der Waals surface area contributed by atoms with Gasteiger partial charge in [-0.1, -0.05) is 18.6 Å². The van der Waals surface area contributed by atoms with Crippen LogP contribution in [-0.4, -0.2) is 107 Å². The van der Waals surface area contributed by atoms with Crippen molar-refractivity contribution < 1.29 is 34.8 Å². The minimum atomic E-state index is -0.499. The summed E-state index contributed by atoms with van der Waals surface area (Å²) >= 11 is 0. The van der Waals surface area contributed by atoms with Gasteiger partial charge in [0.2, 0.25) is 23.6 Å². The fraction of sp³-hybridized carbons (Fsp3) is 0.778. The van der Waals surface area contributed by atoms with Crippen LogP contribution in [0.25, 0.3) is 0 Å². The molecular formula is C27H52N6O7. The molecule has 0 bridgehead atoms. The molecule has 40 heavy (non-hydrogen) atoms. The van der Waals surface area contributed by atoms with E-state index in [4.69, 9.17) is 0 Å². The van der Waals surface area contributed by atoms with Crippen molar-refractivity contribution in [2.24, 2.45) is 0 Å². The minimum Gasteiger partial charge on any atom is -0.356 e. The maximum absolute atomic E-state index is 12.0. The average Bonchev–Trinajstić information content (AvgIpc) is 2.93. The number of hydrogen-bond acceptors (Lipinski definition) is 9. The number of hydrogen-bond donors (Lipinski definition) is 6. The molecule has 1 unspecified atom stereocenters. The van der Waals surface area contributed by atoms with Crippen LogP contribution < -0.4 is 16.0 Å². The van der Waals surface area contributed by atoms with Crippen LogP contribution in [0.5, 0.6) is 0 Å². The summed E-state index contributed by atoms with van der Waals surface area (Å²) in [6.45, 7) is 5.81. The Balaban J connectivity index is 3.77. The molecule has 0 aliphatic heterocycles. The van der Waals surface area contributed by atoms with Crippen molar-refractivity contribution in [3.63, 3.8) is 0 Å². The van der Waals surface area contributed by atoms with Gasteiger partial charge in [0, 0.05) is 58.4 Å². The molecule has 0 saturated carbocycles. The molecule has 1 atom stereocenters. The number of carbonyl (C=O) groups is 4. The highest BCUT2D eigenvalue weighted by molar-refractivity contribution is 5.83. The molecule has 0 aliphatic rings. The molecule has 13 heteroatoms. The Morgan fingerprint density at radius 3 is 1.95 bits per heavy atom. The van der Waals surface area contributed by atoms with Gasteiger partial charge in [-0.05, 0) is 65.5 Å². The van der Waals surface area contributed by atoms with Crippen LogP contribution in [0.3, 0.4) is 0 Å². The van der Waals surface area contributed by atoms with Crippen molar-refractivity contribution in [1.82, 2.24) is 31.1 Å². The highest BCUT2D eigenvalue weighted by Gasteiger charge is 2.14. The summed E-state index contributed by atoms with van der Waals surface area (Å²) in [4.78, 5) is 46.7. The number of amides is 4. The van der Waals surface area contributed by atoms with Crippen molar-refractivity contribution in [2.75, 3.05) is 46.3 Å². The number of rotatable bonds is 24. The Labute approximate surface area is 238 Å². The molecule has 0 aromatic heterocycles. The predicted octanol–water partition coefficient (Wildman–Crippen LogP) is 1.82. The second-order valence-corrected chi connectivity index (χ2v) is 9.85. The number of carbonyl (C=O) groups excluding carboxylic acids is 4. The van der Waals surface area contributed by atoms with Crippen LogP contribution in [-0.2, 0) is 19.2 Å². The van der Waals surface area contributed by atoms with Gasteiger partial charge in [-0.15, -0.1) is 0 Å². The minimum absolute atomic E-state index is 0.0124. The molecule has 0 aromatic rings. The van der Waals surface area contributed by atoms with E-state index >= 15 is 0 Å². The van der Waals surface area contributed by atoms with E-state index in [1.54, 1.807) is 6.08 Å². The van der Waals surface area contributed by atoms with E-state index in [0.717, 1.165) is 45.1 Å². The predicted molar refractivity (Wildman–Crippen MR) is 151 cm³/mol. The molecule has 4 amide bonds. The summed E-state index contributed by atoms with van der Waals surface area (Å²) in [5, 5.41) is 40.4. The topological polar surface area (TPSA) is 175 Å². The molecule has 0 spiro atoms. The second-order valence-electron chi connectivity index (χ2n) is 9.85. The molecule has 232 valence electrons. The van der Waals surface area contributed by atoms with Gasteiger partial charge in [0.25, 0.3) is 0 Å². The summed E-state index contributed by atoms with van der Waals surface area (Å²) in [7, 11) is 1.85. The van der Waals surface area contributed by atoms with Gasteiger partial charge < -0.3 is 21.2 Å². The average molecular weight is 573 g/mol. The molecule has 6 N–H and O–H groups in total. The van der Waals surface area contributed by atoms with E-state index in [-0.39, 0.29) is 49.7 Å². The summed E-state index contributed by atoms with van der Waals surface area (Å²) in [6.07, 6.45) is 9.63. The lowest BCUT2D eigenvalue weighted by Gasteiger charge is -2.22. The van der Waals surface area contributed by atoms with Crippen LogP contribution in [0.2, 0.25) is 0 Å². The van der Waals surface area contributed by atoms with Gasteiger partial charge in [0.1, 0.15) is 0 Å². The Hall–Kier alpha value is -2.58. The maximum atomic E-state index is 12.0. The molecule has 0 rings (SSSR count). The van der Waals surface area contributed by atoms with E-state index in [1.165, 1.54) is 12.0 Å². The molecule has 0 heterocycles. The first-order chi connectivity index (χ1) is 19.1. The van der Waals surface area contributed by atoms with Gasteiger partial charge >= 0.3 is 0 Å². The summed E-state index contributed by atoms with van der Waals surface area (Å²) in [5.74, 6) is -1.21. The SMILES string of the molecule is CNCC/C=C/CN(O)C(=O)CCC(=O)NCCCCCN(O)C(C)CCC(=O)NCCCCCN(O)C(C)=O. The lowest BCUT2D eigenvalue weighted by Crippen LogP contribution is -2.33. The van der Waals surface area contributed by atoms with Gasteiger partial charge in [-0.2, -0.15) is 5.06 Å². The Kier molecular flexibility index (Phi) is 22.7. The van der Waals surface area contributed by atoms with Crippen LogP contribution >= 0.6 is 0 Å². The zero-order valence-corrected chi connectivity index (χ0v) is 24.6. The standard InChI is InChI=1S/C27H52N6O7/c1-23(13-14-25(35)29-18-9-6-11-21-32(39)24(2)34)31(38)20-10-5-8-19-30-26(36)15-16-27(37)33(40)22-12-4-7-17-28-3/h4,12,23,28,38-40H,5-11,13-22H2,1-3H3,(H,29,35)(H,30,36)/b12-4+. The van der Waals surface area contributed by atoms with E-state index in [1.807, 2.05) is 20.0 Å². The van der Waals surface area contributed by atoms with Gasteiger partial charge in [-0.3, -0.25) is 29.6 Å². The normalized spacial score (nSPS) is 12.0. The van der Waals surface area contributed by atoms with Crippen molar-refractivity contribution in [2.45, 2.75) is 90.5 Å². The third kappa shape index (κ3) is 21.3. The van der Waals surface area contributed by atoms with E-state index in [9.17, 15) is 34.8 Å². The zero-order chi connectivity index (χ0) is 30.2. The Morgan fingerprint density at radius 1 is 0.750 bits per heavy atom. The monoisotopic (exact) mass is 572 g/mol. The van der Waals surface area contributed by atoms with Crippen LogP contribution in [0.4, 0.5) is 0 Å². The molecule has 0 aliphatic carbocycles. The highest BCUT2D eigenvalue weighted by Crippen LogP contribution is 2.07. The second kappa shape index (κ2) is 24.2. The van der Waals surface area contributed by atoms with Crippen molar-refractivity contribution in [3.8, 4) is 0 Å². The van der Waals surface area contributed by atoms with Gasteiger partial charge in [-0.25, -0.2) is 10.1 Å². The van der Waals surface area contributed by atoms with E-state index in [0.29, 0.717) is 49.0 Å². The van der Waals surface area contributed by atoms with Crippen molar-refractivity contribution in [3.05, 3.63) is 12.2 Å².